The first kappa shape index (κ1) is 23.0. The Morgan fingerprint density at radius 2 is 1.76 bits per heavy atom. The molecule has 8 nitrogen and oxygen atoms in total. The van der Waals surface area contributed by atoms with Crippen LogP contribution in [0.25, 0.3) is 10.9 Å². The third-order valence-electron chi connectivity index (χ3n) is 5.58. The van der Waals surface area contributed by atoms with Gasteiger partial charge in [-0.15, -0.1) is 0 Å². The van der Waals surface area contributed by atoms with Crippen LogP contribution in [-0.4, -0.2) is 38.7 Å². The maximum Gasteiger partial charge on any atom is 0.416 e. The second-order valence-corrected chi connectivity index (χ2v) is 9.02. The van der Waals surface area contributed by atoms with Crippen LogP contribution >= 0.6 is 0 Å². The number of amides is 1. The van der Waals surface area contributed by atoms with Crippen molar-refractivity contribution in [3.63, 3.8) is 0 Å². The van der Waals surface area contributed by atoms with Crippen LogP contribution in [0.3, 0.4) is 0 Å². The van der Waals surface area contributed by atoms with Crippen LogP contribution in [0.1, 0.15) is 42.5 Å². The van der Waals surface area contributed by atoms with E-state index in [1.807, 2.05) is 27.7 Å². The number of ether oxygens (including phenoxy) is 1. The molecule has 3 heterocycles. The quantitative estimate of drug-likeness (QED) is 0.425. The van der Waals surface area contributed by atoms with Gasteiger partial charge in [-0.2, -0.15) is 0 Å². The number of carbonyl (C=O) groups excluding carboxylic acids is 1. The molecule has 1 aromatic carbocycles. The molecule has 0 bridgehead atoms. The normalized spacial score (nSPS) is 11.4. The van der Waals surface area contributed by atoms with Gasteiger partial charge in [-0.05, 0) is 31.2 Å². The van der Waals surface area contributed by atoms with E-state index in [4.69, 9.17) is 4.74 Å². The molecule has 0 aliphatic rings. The summed E-state index contributed by atoms with van der Waals surface area (Å²) in [7, 11) is 1.64. The van der Waals surface area contributed by atoms with Gasteiger partial charge >= 0.3 is 6.09 Å². The number of aromatic nitrogens is 3. The van der Waals surface area contributed by atoms with Crippen LogP contribution < -0.4 is 9.64 Å². The van der Waals surface area contributed by atoms with E-state index < -0.39 is 11.5 Å². The Balaban J connectivity index is 1.73. The minimum atomic E-state index is -1.13. The molecule has 0 saturated carbocycles. The minimum absolute atomic E-state index is 0.320. The van der Waals surface area contributed by atoms with Crippen LogP contribution in [0, 0.1) is 6.92 Å². The fraction of sp³-hybridized carbons (Fsp3) is 0.231. The lowest BCUT2D eigenvalue weighted by molar-refractivity contribution is 0.0992. The zero-order valence-electron chi connectivity index (χ0n) is 19.7. The smallest absolute Gasteiger partial charge is 0.416 e. The zero-order valence-corrected chi connectivity index (χ0v) is 19.7. The van der Waals surface area contributed by atoms with Crippen molar-refractivity contribution in [2.45, 2.75) is 33.1 Å². The molecule has 0 fully saturated rings. The lowest BCUT2D eigenvalue weighted by Crippen LogP contribution is -2.31. The molecular weight excluding hydrogens is 432 g/mol. The van der Waals surface area contributed by atoms with E-state index in [1.54, 1.807) is 68.0 Å². The van der Waals surface area contributed by atoms with Crippen LogP contribution in [0.2, 0.25) is 0 Å². The summed E-state index contributed by atoms with van der Waals surface area (Å²) in [4.78, 5) is 35.9. The van der Waals surface area contributed by atoms with Crippen molar-refractivity contribution in [1.29, 1.82) is 0 Å². The Morgan fingerprint density at radius 1 is 1.03 bits per heavy atom. The average Bonchev–Trinajstić information content (AvgIpc) is 3.16. The van der Waals surface area contributed by atoms with Crippen molar-refractivity contribution in [2.24, 2.45) is 0 Å². The summed E-state index contributed by atoms with van der Waals surface area (Å²) in [5.41, 5.74) is 1.97. The Labute approximate surface area is 197 Å². The van der Waals surface area contributed by atoms with Gasteiger partial charge in [0.15, 0.2) is 5.75 Å². The van der Waals surface area contributed by atoms with E-state index in [9.17, 15) is 14.7 Å². The molecule has 174 valence electrons. The van der Waals surface area contributed by atoms with Gasteiger partial charge in [0, 0.05) is 35.8 Å². The van der Waals surface area contributed by atoms with E-state index in [0.29, 0.717) is 39.5 Å². The highest BCUT2D eigenvalue weighted by molar-refractivity contribution is 6.16. The lowest BCUT2D eigenvalue weighted by atomic mass is 9.88. The number of aryl methyl sites for hydroxylation is 1. The molecule has 0 aliphatic carbocycles. The summed E-state index contributed by atoms with van der Waals surface area (Å²) in [6.07, 6.45) is 2.11. The zero-order chi connectivity index (χ0) is 24.6. The van der Waals surface area contributed by atoms with Crippen molar-refractivity contribution < 1.29 is 19.4 Å². The standard InChI is InChI=1S/C26H26N4O4/c1-16-20(11-8-14-27-16)34-21-13-12-17(15-28-21)29(5)24(31)22-18-9-6-7-10-19(18)30(25(32)33)23(22)26(2,3)4/h6-15H,1-5H3,(H,32,33). The van der Waals surface area contributed by atoms with E-state index in [-0.39, 0.29) is 5.91 Å². The number of hydrogen-bond donors (Lipinski definition) is 1. The monoisotopic (exact) mass is 458 g/mol. The third-order valence-corrected chi connectivity index (χ3v) is 5.58. The average molecular weight is 459 g/mol. The molecule has 0 atom stereocenters. The van der Waals surface area contributed by atoms with Crippen molar-refractivity contribution in [1.82, 2.24) is 14.5 Å². The van der Waals surface area contributed by atoms with Crippen molar-refractivity contribution in [3.05, 3.63) is 77.9 Å². The third kappa shape index (κ3) is 4.10. The highest BCUT2D eigenvalue weighted by Gasteiger charge is 2.33. The molecule has 0 aliphatic heterocycles. The first-order chi connectivity index (χ1) is 16.1. The van der Waals surface area contributed by atoms with E-state index in [2.05, 4.69) is 9.97 Å². The van der Waals surface area contributed by atoms with Gasteiger partial charge in [0.2, 0.25) is 5.88 Å². The van der Waals surface area contributed by atoms with Gasteiger partial charge in [0.25, 0.3) is 5.91 Å². The number of carboxylic acid groups (broad SMARTS) is 1. The Kier molecular flexibility index (Phi) is 5.83. The number of anilines is 1. The SMILES string of the molecule is Cc1ncccc1Oc1ccc(N(C)C(=O)c2c(C(C)(C)C)n(C(=O)O)c3ccccc23)cn1. The molecule has 0 saturated heterocycles. The van der Waals surface area contributed by atoms with Crippen LogP contribution in [-0.2, 0) is 5.41 Å². The number of carbonyl (C=O) groups is 2. The molecule has 4 aromatic rings. The molecule has 0 unspecified atom stereocenters. The Bertz CT molecular complexity index is 1380. The number of para-hydroxylation sites is 1. The molecule has 0 spiro atoms. The van der Waals surface area contributed by atoms with E-state index >= 15 is 0 Å². The fourth-order valence-corrected chi connectivity index (χ4v) is 3.97. The second kappa shape index (κ2) is 8.62. The van der Waals surface area contributed by atoms with Crippen molar-refractivity contribution in [2.75, 3.05) is 11.9 Å². The fourth-order valence-electron chi connectivity index (χ4n) is 3.97. The van der Waals surface area contributed by atoms with Crippen LogP contribution in [0.4, 0.5) is 10.5 Å². The Hall–Kier alpha value is -4.20. The molecular formula is C26H26N4O4. The van der Waals surface area contributed by atoms with E-state index in [1.165, 1.54) is 9.47 Å². The van der Waals surface area contributed by atoms with Crippen molar-refractivity contribution >= 4 is 28.6 Å². The predicted octanol–water partition coefficient (Wildman–Crippen LogP) is 5.63. The molecule has 3 aromatic heterocycles. The van der Waals surface area contributed by atoms with Crippen LogP contribution in [0.15, 0.2) is 60.9 Å². The summed E-state index contributed by atoms with van der Waals surface area (Å²) in [5, 5.41) is 10.5. The molecule has 8 heteroatoms. The molecule has 4 rings (SSSR count). The summed E-state index contributed by atoms with van der Waals surface area (Å²) >= 11 is 0. The number of benzene rings is 1. The summed E-state index contributed by atoms with van der Waals surface area (Å²) < 4.78 is 7.00. The summed E-state index contributed by atoms with van der Waals surface area (Å²) in [6, 6.07) is 14.0. The highest BCUT2D eigenvalue weighted by atomic mass is 16.5. The highest BCUT2D eigenvalue weighted by Crippen LogP contribution is 2.36. The molecule has 0 radical (unpaired) electrons. The molecule has 1 N–H and O–H groups in total. The second-order valence-electron chi connectivity index (χ2n) is 9.02. The number of hydrogen-bond acceptors (Lipinski definition) is 5. The maximum absolute atomic E-state index is 13.7. The lowest BCUT2D eigenvalue weighted by Gasteiger charge is -2.24. The molecule has 34 heavy (non-hydrogen) atoms. The van der Waals surface area contributed by atoms with Gasteiger partial charge < -0.3 is 14.7 Å². The van der Waals surface area contributed by atoms with Gasteiger partial charge in [-0.3, -0.25) is 9.78 Å². The number of fused-ring (bicyclic) bond motifs is 1. The van der Waals surface area contributed by atoms with Gasteiger partial charge in [0.05, 0.1) is 28.7 Å². The Morgan fingerprint density at radius 3 is 2.38 bits per heavy atom. The molecule has 1 amide bonds. The summed E-state index contributed by atoms with van der Waals surface area (Å²) in [6.45, 7) is 7.53. The first-order valence-corrected chi connectivity index (χ1v) is 10.8. The van der Waals surface area contributed by atoms with Crippen LogP contribution in [0.5, 0.6) is 11.6 Å². The van der Waals surface area contributed by atoms with Gasteiger partial charge in [-0.25, -0.2) is 14.3 Å². The van der Waals surface area contributed by atoms with Gasteiger partial charge in [0.1, 0.15) is 0 Å². The number of pyridine rings is 2. The topological polar surface area (TPSA) is 97.6 Å². The predicted molar refractivity (Wildman–Crippen MR) is 130 cm³/mol. The largest absolute Gasteiger partial charge is 0.464 e. The number of rotatable bonds is 4. The van der Waals surface area contributed by atoms with Crippen molar-refractivity contribution in [3.8, 4) is 11.6 Å². The van der Waals surface area contributed by atoms with Gasteiger partial charge in [-0.1, -0.05) is 39.0 Å². The van der Waals surface area contributed by atoms with E-state index in [0.717, 1.165) is 5.69 Å². The maximum atomic E-state index is 13.7. The summed E-state index contributed by atoms with van der Waals surface area (Å²) in [5.74, 6) is 0.654. The first-order valence-electron chi connectivity index (χ1n) is 10.8. The minimum Gasteiger partial charge on any atom is -0.464 e. The number of nitrogens with zero attached hydrogens (tertiary/aromatic N) is 4.